The molecule has 4 aliphatic rings. The number of aromatic nitrogens is 1. The molecule has 0 radical (unpaired) electrons. The number of ketones is 1. The molecule has 6 heteroatoms. The highest BCUT2D eigenvalue weighted by molar-refractivity contribution is 6.01. The molecule has 3 aliphatic carbocycles. The van der Waals surface area contributed by atoms with Crippen LogP contribution in [0.25, 0.3) is 0 Å². The van der Waals surface area contributed by atoms with Gasteiger partial charge in [-0.2, -0.15) is 0 Å². The Hall–Kier alpha value is -2.47. The third kappa shape index (κ3) is 2.84. The molecule has 0 spiro atoms. The Bertz CT molecular complexity index is 952. The number of hydrogen-bond donors (Lipinski definition) is 1. The number of Topliss-reactive ketones (excluding diaryl/α,β-unsaturated/α-hetero) is 1. The fourth-order valence-electron chi connectivity index (χ4n) is 6.32. The zero-order chi connectivity index (χ0) is 21.0. The van der Waals surface area contributed by atoms with E-state index in [1.165, 1.54) is 11.1 Å². The lowest BCUT2D eigenvalue weighted by Crippen LogP contribution is -2.44. The molecule has 0 aromatic carbocycles. The summed E-state index contributed by atoms with van der Waals surface area (Å²) in [4.78, 5) is 28.4. The van der Waals surface area contributed by atoms with Crippen molar-refractivity contribution >= 4 is 11.8 Å². The van der Waals surface area contributed by atoms with Gasteiger partial charge < -0.3 is 14.6 Å². The van der Waals surface area contributed by atoms with E-state index in [1.54, 1.807) is 13.3 Å². The summed E-state index contributed by atoms with van der Waals surface area (Å²) in [6.07, 6.45) is 8.77. The first-order valence-electron chi connectivity index (χ1n) is 10.7. The summed E-state index contributed by atoms with van der Waals surface area (Å²) in [6.45, 7) is 2.32. The number of nitrogens with zero attached hydrogens (tertiary/aromatic N) is 1. The second-order valence-corrected chi connectivity index (χ2v) is 9.35. The van der Waals surface area contributed by atoms with Crippen LogP contribution in [0.5, 0.6) is 0 Å². The number of pyridine rings is 1. The van der Waals surface area contributed by atoms with Gasteiger partial charge in [-0.3, -0.25) is 14.6 Å². The Morgan fingerprint density at radius 2 is 2.20 bits per heavy atom. The number of carbonyl (C=O) groups is 2. The maximum atomic E-state index is 12.6. The Morgan fingerprint density at radius 1 is 1.37 bits per heavy atom. The number of carboxylic acid groups (broad SMARTS) is 1. The van der Waals surface area contributed by atoms with Crippen LogP contribution in [0.2, 0.25) is 0 Å². The van der Waals surface area contributed by atoms with Crippen molar-refractivity contribution in [3.8, 4) is 0 Å². The molecule has 1 aromatic rings. The predicted molar refractivity (Wildman–Crippen MR) is 109 cm³/mol. The quantitative estimate of drug-likeness (QED) is 0.820. The fraction of sp³-hybridized carbons (Fsp3) is 0.542. The van der Waals surface area contributed by atoms with Crippen molar-refractivity contribution in [3.05, 3.63) is 53.1 Å². The summed E-state index contributed by atoms with van der Waals surface area (Å²) in [5.74, 6) is -0.713. The molecule has 30 heavy (non-hydrogen) atoms. The standard InChI is InChI=1S/C24H27NO5/c1-24-6-5-13-8-16-18(26)9-15(23(27)28)10-19(16)30-22(13)17(24)11-20(29-2)21(24)14-4-3-7-25-12-14/h3-4,7-8,12,15,17,20-22H,5-6,9-11H2,1-2H3,(H,27,28)/t15?,17-,20+,21-,22+,24-/m0/s1. The molecule has 5 rings (SSSR count). The van der Waals surface area contributed by atoms with E-state index in [1.807, 2.05) is 18.3 Å². The SMILES string of the molecule is CO[C@@H]1C[C@H]2[C@@H]3OC4=C(C=C3CC[C@]2(C)[C@H]1c1cccnc1)C(=O)CC(C(=O)O)C4. The molecular formula is C24H27NO5. The van der Waals surface area contributed by atoms with Crippen LogP contribution in [0.1, 0.15) is 50.5 Å². The number of fused-ring (bicyclic) bond motifs is 3. The summed E-state index contributed by atoms with van der Waals surface area (Å²) in [5, 5.41) is 9.43. The average molecular weight is 409 g/mol. The monoisotopic (exact) mass is 409 g/mol. The van der Waals surface area contributed by atoms with Gasteiger partial charge in [-0.15, -0.1) is 0 Å². The molecule has 6 atom stereocenters. The zero-order valence-electron chi connectivity index (χ0n) is 17.3. The number of allylic oxidation sites excluding steroid dienone is 3. The zero-order valence-corrected chi connectivity index (χ0v) is 17.3. The van der Waals surface area contributed by atoms with Crippen molar-refractivity contribution in [2.24, 2.45) is 17.3 Å². The van der Waals surface area contributed by atoms with Crippen molar-refractivity contribution in [1.82, 2.24) is 4.98 Å². The van der Waals surface area contributed by atoms with Crippen LogP contribution < -0.4 is 0 Å². The summed E-state index contributed by atoms with van der Waals surface area (Å²) in [7, 11) is 1.77. The minimum atomic E-state index is -0.932. The lowest BCUT2D eigenvalue weighted by atomic mass is 9.61. The number of hydrogen-bond acceptors (Lipinski definition) is 5. The van der Waals surface area contributed by atoms with Crippen molar-refractivity contribution in [2.45, 2.75) is 57.2 Å². The predicted octanol–water partition coefficient (Wildman–Crippen LogP) is 3.64. The number of carbonyl (C=O) groups excluding carboxylic acids is 1. The van der Waals surface area contributed by atoms with Crippen LogP contribution in [0, 0.1) is 17.3 Å². The molecular weight excluding hydrogens is 382 g/mol. The molecule has 2 fully saturated rings. The number of carboxylic acids is 1. The lowest BCUT2D eigenvalue weighted by Gasteiger charge is -2.48. The van der Waals surface area contributed by atoms with E-state index in [0.717, 1.165) is 19.3 Å². The van der Waals surface area contributed by atoms with Gasteiger partial charge >= 0.3 is 5.97 Å². The van der Waals surface area contributed by atoms with Crippen LogP contribution in [-0.2, 0) is 19.1 Å². The van der Waals surface area contributed by atoms with E-state index in [4.69, 9.17) is 9.47 Å². The molecule has 0 bridgehead atoms. The van der Waals surface area contributed by atoms with Gasteiger partial charge in [0.05, 0.1) is 17.6 Å². The first kappa shape index (κ1) is 19.5. The molecule has 1 aliphatic heterocycles. The lowest BCUT2D eigenvalue weighted by molar-refractivity contribution is -0.144. The Balaban J connectivity index is 1.49. The van der Waals surface area contributed by atoms with Crippen LogP contribution in [0.3, 0.4) is 0 Å². The molecule has 6 nitrogen and oxygen atoms in total. The van der Waals surface area contributed by atoms with Crippen LogP contribution in [-0.4, -0.2) is 41.2 Å². The Kier molecular flexibility index (Phi) is 4.58. The van der Waals surface area contributed by atoms with E-state index in [2.05, 4.69) is 18.0 Å². The molecule has 2 heterocycles. The van der Waals surface area contributed by atoms with Gasteiger partial charge in [-0.05, 0) is 48.0 Å². The number of methoxy groups -OCH3 is 1. The second kappa shape index (κ2) is 7.05. The average Bonchev–Trinajstić information content (AvgIpc) is 3.06. The molecule has 1 unspecified atom stereocenters. The van der Waals surface area contributed by atoms with Gasteiger partial charge in [0.1, 0.15) is 11.9 Å². The van der Waals surface area contributed by atoms with Gasteiger partial charge in [-0.1, -0.05) is 13.0 Å². The van der Waals surface area contributed by atoms with Gasteiger partial charge in [-0.25, -0.2) is 0 Å². The van der Waals surface area contributed by atoms with Crippen molar-refractivity contribution in [2.75, 3.05) is 7.11 Å². The first-order valence-corrected chi connectivity index (χ1v) is 10.7. The molecule has 2 saturated carbocycles. The van der Waals surface area contributed by atoms with Crippen molar-refractivity contribution in [3.63, 3.8) is 0 Å². The Morgan fingerprint density at radius 3 is 2.90 bits per heavy atom. The van der Waals surface area contributed by atoms with Crippen LogP contribution in [0.4, 0.5) is 0 Å². The highest BCUT2D eigenvalue weighted by atomic mass is 16.5. The topological polar surface area (TPSA) is 85.7 Å². The fourth-order valence-corrected chi connectivity index (χ4v) is 6.32. The summed E-state index contributed by atoms with van der Waals surface area (Å²) < 4.78 is 12.4. The van der Waals surface area contributed by atoms with E-state index in [0.29, 0.717) is 17.8 Å². The third-order valence-electron chi connectivity index (χ3n) is 7.86. The molecule has 1 aromatic heterocycles. The normalized spacial score (nSPS) is 37.6. The summed E-state index contributed by atoms with van der Waals surface area (Å²) in [6, 6.07) is 4.10. The highest BCUT2D eigenvalue weighted by Crippen LogP contribution is 2.62. The van der Waals surface area contributed by atoms with Crippen molar-refractivity contribution in [1.29, 1.82) is 0 Å². The van der Waals surface area contributed by atoms with E-state index in [9.17, 15) is 14.7 Å². The number of rotatable bonds is 3. The van der Waals surface area contributed by atoms with Crippen molar-refractivity contribution < 1.29 is 24.2 Å². The maximum absolute atomic E-state index is 12.6. The largest absolute Gasteiger partial charge is 0.489 e. The third-order valence-corrected chi connectivity index (χ3v) is 7.86. The Labute approximate surface area is 176 Å². The minimum Gasteiger partial charge on any atom is -0.489 e. The summed E-state index contributed by atoms with van der Waals surface area (Å²) in [5.41, 5.74) is 2.93. The molecule has 1 N–H and O–H groups in total. The van der Waals surface area contributed by atoms with Gasteiger partial charge in [0.25, 0.3) is 0 Å². The smallest absolute Gasteiger partial charge is 0.307 e. The number of ether oxygens (including phenoxy) is 2. The minimum absolute atomic E-state index is 0.0192. The number of aliphatic carboxylic acids is 1. The van der Waals surface area contributed by atoms with Crippen LogP contribution >= 0.6 is 0 Å². The highest BCUT2D eigenvalue weighted by Gasteiger charge is 2.59. The second-order valence-electron chi connectivity index (χ2n) is 9.35. The van der Waals surface area contributed by atoms with Gasteiger partial charge in [0.15, 0.2) is 5.78 Å². The van der Waals surface area contributed by atoms with Gasteiger partial charge in [0, 0.05) is 44.2 Å². The first-order chi connectivity index (χ1) is 14.4. The molecule has 0 amide bonds. The van der Waals surface area contributed by atoms with E-state index in [-0.39, 0.29) is 41.7 Å². The van der Waals surface area contributed by atoms with Gasteiger partial charge in [0.2, 0.25) is 0 Å². The molecule has 158 valence electrons. The molecule has 0 saturated heterocycles. The van der Waals surface area contributed by atoms with Crippen LogP contribution in [0.15, 0.2) is 47.5 Å². The van der Waals surface area contributed by atoms with E-state index >= 15 is 0 Å². The van der Waals surface area contributed by atoms with E-state index < -0.39 is 11.9 Å². The summed E-state index contributed by atoms with van der Waals surface area (Å²) >= 11 is 0. The maximum Gasteiger partial charge on any atom is 0.307 e.